The van der Waals surface area contributed by atoms with Gasteiger partial charge in [-0.1, -0.05) is 6.07 Å². The summed E-state index contributed by atoms with van der Waals surface area (Å²) in [5.41, 5.74) is 3.22. The number of methoxy groups -OCH3 is 1. The molecule has 1 N–H and O–H groups in total. The molecule has 0 aliphatic rings. The Balaban J connectivity index is 1.70. The standard InChI is InChI=1S/C20H22N4O2/c1-3-24-19(20(25)22-13-11-16-6-4-5-12-21-16)14-18(23-24)15-7-9-17(26-2)10-8-15/h4-10,12,14H,3,11,13H2,1-2H3,(H,22,25). The van der Waals surface area contributed by atoms with E-state index in [-0.39, 0.29) is 5.91 Å². The number of hydrogen-bond acceptors (Lipinski definition) is 4. The lowest BCUT2D eigenvalue weighted by molar-refractivity contribution is 0.0943. The molecule has 6 nitrogen and oxygen atoms in total. The van der Waals surface area contributed by atoms with E-state index >= 15 is 0 Å². The van der Waals surface area contributed by atoms with Gasteiger partial charge in [-0.2, -0.15) is 5.10 Å². The van der Waals surface area contributed by atoms with Gasteiger partial charge in [-0.15, -0.1) is 0 Å². The summed E-state index contributed by atoms with van der Waals surface area (Å²) in [6.07, 6.45) is 2.45. The van der Waals surface area contributed by atoms with Gasteiger partial charge in [0.1, 0.15) is 11.4 Å². The Labute approximate surface area is 152 Å². The highest BCUT2D eigenvalue weighted by molar-refractivity contribution is 5.93. The number of hydrogen-bond donors (Lipinski definition) is 1. The predicted octanol–water partition coefficient (Wildman–Crippen LogP) is 2.95. The minimum atomic E-state index is -0.130. The van der Waals surface area contributed by atoms with Gasteiger partial charge in [0, 0.05) is 37.0 Å². The van der Waals surface area contributed by atoms with Crippen molar-refractivity contribution in [2.75, 3.05) is 13.7 Å². The Hall–Kier alpha value is -3.15. The maximum atomic E-state index is 12.5. The summed E-state index contributed by atoms with van der Waals surface area (Å²) >= 11 is 0. The molecule has 0 saturated heterocycles. The second-order valence-corrected chi connectivity index (χ2v) is 5.79. The molecule has 0 saturated carbocycles. The van der Waals surface area contributed by atoms with Gasteiger partial charge in [-0.3, -0.25) is 14.5 Å². The smallest absolute Gasteiger partial charge is 0.269 e. The molecule has 1 aromatic carbocycles. The van der Waals surface area contributed by atoms with Crippen molar-refractivity contribution in [3.63, 3.8) is 0 Å². The molecule has 134 valence electrons. The minimum Gasteiger partial charge on any atom is -0.497 e. The molecule has 1 amide bonds. The lowest BCUT2D eigenvalue weighted by Gasteiger charge is -2.06. The van der Waals surface area contributed by atoms with E-state index in [9.17, 15) is 4.79 Å². The number of aryl methyl sites for hydroxylation is 1. The first-order valence-corrected chi connectivity index (χ1v) is 8.61. The predicted molar refractivity (Wildman–Crippen MR) is 100 cm³/mol. The van der Waals surface area contributed by atoms with Crippen molar-refractivity contribution < 1.29 is 9.53 Å². The number of benzene rings is 1. The Bertz CT molecular complexity index is 857. The van der Waals surface area contributed by atoms with E-state index in [1.807, 2.05) is 55.5 Å². The zero-order chi connectivity index (χ0) is 18.4. The van der Waals surface area contributed by atoms with Gasteiger partial charge in [0.15, 0.2) is 0 Å². The molecule has 26 heavy (non-hydrogen) atoms. The van der Waals surface area contributed by atoms with Gasteiger partial charge in [0.25, 0.3) is 5.91 Å². The summed E-state index contributed by atoms with van der Waals surface area (Å²) in [4.78, 5) is 16.8. The number of nitrogens with one attached hydrogen (secondary N) is 1. The molecule has 6 heteroatoms. The van der Waals surface area contributed by atoms with Gasteiger partial charge >= 0.3 is 0 Å². The zero-order valence-corrected chi connectivity index (χ0v) is 15.0. The first kappa shape index (κ1) is 17.7. The van der Waals surface area contributed by atoms with Crippen molar-refractivity contribution in [3.05, 3.63) is 66.1 Å². The number of pyridine rings is 1. The summed E-state index contributed by atoms with van der Waals surface area (Å²) in [7, 11) is 1.63. The van der Waals surface area contributed by atoms with Crippen molar-refractivity contribution in [2.45, 2.75) is 19.9 Å². The Morgan fingerprint density at radius 3 is 2.65 bits per heavy atom. The Morgan fingerprint density at radius 1 is 1.19 bits per heavy atom. The topological polar surface area (TPSA) is 69.0 Å². The monoisotopic (exact) mass is 350 g/mol. The minimum absolute atomic E-state index is 0.130. The van der Waals surface area contributed by atoms with E-state index in [4.69, 9.17) is 4.74 Å². The normalized spacial score (nSPS) is 10.5. The van der Waals surface area contributed by atoms with Crippen LogP contribution in [0.4, 0.5) is 0 Å². The van der Waals surface area contributed by atoms with Crippen LogP contribution in [0.2, 0.25) is 0 Å². The highest BCUT2D eigenvalue weighted by Gasteiger charge is 2.15. The average molecular weight is 350 g/mol. The highest BCUT2D eigenvalue weighted by atomic mass is 16.5. The van der Waals surface area contributed by atoms with E-state index in [0.29, 0.717) is 25.2 Å². The van der Waals surface area contributed by atoms with Crippen LogP contribution in [0.15, 0.2) is 54.7 Å². The van der Waals surface area contributed by atoms with Crippen LogP contribution in [0.3, 0.4) is 0 Å². The van der Waals surface area contributed by atoms with Gasteiger partial charge < -0.3 is 10.1 Å². The van der Waals surface area contributed by atoms with Crippen molar-refractivity contribution in [1.82, 2.24) is 20.1 Å². The highest BCUT2D eigenvalue weighted by Crippen LogP contribution is 2.22. The number of rotatable bonds is 7. The molecule has 0 fully saturated rings. The van der Waals surface area contributed by atoms with E-state index in [0.717, 1.165) is 22.7 Å². The number of carbonyl (C=O) groups excluding carboxylic acids is 1. The van der Waals surface area contributed by atoms with E-state index in [1.54, 1.807) is 18.0 Å². The van der Waals surface area contributed by atoms with Crippen molar-refractivity contribution in [2.24, 2.45) is 0 Å². The molecule has 2 aromatic heterocycles. The van der Waals surface area contributed by atoms with E-state index in [1.165, 1.54) is 0 Å². The van der Waals surface area contributed by atoms with E-state index < -0.39 is 0 Å². The van der Waals surface area contributed by atoms with Crippen LogP contribution in [0, 0.1) is 0 Å². The van der Waals surface area contributed by atoms with Gasteiger partial charge in [0.05, 0.1) is 12.8 Å². The second-order valence-electron chi connectivity index (χ2n) is 5.79. The van der Waals surface area contributed by atoms with Crippen LogP contribution in [0.25, 0.3) is 11.3 Å². The van der Waals surface area contributed by atoms with E-state index in [2.05, 4.69) is 15.4 Å². The summed E-state index contributed by atoms with van der Waals surface area (Å²) in [6.45, 7) is 3.12. The quantitative estimate of drug-likeness (QED) is 0.711. The average Bonchev–Trinajstić information content (AvgIpc) is 3.13. The fourth-order valence-electron chi connectivity index (χ4n) is 2.68. The van der Waals surface area contributed by atoms with Crippen molar-refractivity contribution >= 4 is 5.91 Å². The lowest BCUT2D eigenvalue weighted by atomic mass is 10.1. The molecule has 0 radical (unpaired) electrons. The fraction of sp³-hybridized carbons (Fsp3) is 0.250. The molecule has 0 atom stereocenters. The number of aromatic nitrogens is 3. The maximum Gasteiger partial charge on any atom is 0.269 e. The molecule has 3 aromatic rings. The number of ether oxygens (including phenoxy) is 1. The molecule has 0 aliphatic carbocycles. The van der Waals surface area contributed by atoms with Crippen LogP contribution in [-0.2, 0) is 13.0 Å². The van der Waals surface area contributed by atoms with Gasteiger partial charge in [-0.25, -0.2) is 0 Å². The second kappa shape index (κ2) is 8.29. The molecule has 3 rings (SSSR count). The molecule has 0 bridgehead atoms. The molecular weight excluding hydrogens is 328 g/mol. The SMILES string of the molecule is CCn1nc(-c2ccc(OC)cc2)cc1C(=O)NCCc1ccccn1. The molecule has 2 heterocycles. The largest absolute Gasteiger partial charge is 0.497 e. The maximum absolute atomic E-state index is 12.5. The van der Waals surface area contributed by atoms with Gasteiger partial charge in [0.2, 0.25) is 0 Å². The summed E-state index contributed by atoms with van der Waals surface area (Å²) in [5, 5.41) is 7.49. The van der Waals surface area contributed by atoms with Crippen LogP contribution >= 0.6 is 0 Å². The van der Waals surface area contributed by atoms with Crippen LogP contribution in [0.5, 0.6) is 5.75 Å². The third-order valence-electron chi connectivity index (χ3n) is 4.09. The Kier molecular flexibility index (Phi) is 5.63. The lowest BCUT2D eigenvalue weighted by Crippen LogP contribution is -2.28. The Morgan fingerprint density at radius 2 is 2.00 bits per heavy atom. The first-order valence-electron chi connectivity index (χ1n) is 8.61. The first-order chi connectivity index (χ1) is 12.7. The molecule has 0 spiro atoms. The van der Waals surface area contributed by atoms with Gasteiger partial charge in [-0.05, 0) is 49.4 Å². The number of nitrogens with zero attached hydrogens (tertiary/aromatic N) is 3. The third-order valence-corrected chi connectivity index (χ3v) is 4.09. The van der Waals surface area contributed by atoms with Crippen LogP contribution in [-0.4, -0.2) is 34.3 Å². The van der Waals surface area contributed by atoms with Crippen molar-refractivity contribution in [3.8, 4) is 17.0 Å². The molecule has 0 unspecified atom stereocenters. The number of carbonyl (C=O) groups is 1. The zero-order valence-electron chi connectivity index (χ0n) is 15.0. The summed E-state index contributed by atoms with van der Waals surface area (Å²) in [5.74, 6) is 0.659. The third kappa shape index (κ3) is 4.08. The summed E-state index contributed by atoms with van der Waals surface area (Å²) in [6, 6.07) is 15.2. The number of amides is 1. The van der Waals surface area contributed by atoms with Crippen LogP contribution in [0.1, 0.15) is 23.1 Å². The van der Waals surface area contributed by atoms with Crippen molar-refractivity contribution in [1.29, 1.82) is 0 Å². The molecule has 0 aliphatic heterocycles. The molecular formula is C20H22N4O2. The fourth-order valence-corrected chi connectivity index (χ4v) is 2.68. The van der Waals surface area contributed by atoms with Crippen LogP contribution < -0.4 is 10.1 Å². The summed E-state index contributed by atoms with van der Waals surface area (Å²) < 4.78 is 6.90.